The van der Waals surface area contributed by atoms with Gasteiger partial charge in [0.25, 0.3) is 5.91 Å². The van der Waals surface area contributed by atoms with Crippen molar-refractivity contribution in [1.82, 2.24) is 34.5 Å². The van der Waals surface area contributed by atoms with E-state index in [9.17, 15) is 14.4 Å². The molecule has 0 spiro atoms. The van der Waals surface area contributed by atoms with Crippen LogP contribution >= 0.6 is 0 Å². The summed E-state index contributed by atoms with van der Waals surface area (Å²) < 4.78 is 16.5. The molecule has 5 heterocycles. The molecule has 0 bridgehead atoms. The van der Waals surface area contributed by atoms with Crippen LogP contribution in [-0.2, 0) is 0 Å². The quantitative estimate of drug-likeness (QED) is 0.476. The highest BCUT2D eigenvalue weighted by atomic mass is 19.1. The SMILES string of the molecule is N#CCC1CN2CCN(C(=O)c3ccc(C#N)cc3F)C[C@H]2c2c(-c3ncnc4[nH]ccc34)cnn21. The Morgan fingerprint density at radius 3 is 2.89 bits per heavy atom. The number of fused-ring (bicyclic) bond motifs is 4. The molecule has 1 saturated heterocycles. The maximum absolute atomic E-state index is 14.6. The highest BCUT2D eigenvalue weighted by Gasteiger charge is 2.41. The van der Waals surface area contributed by atoms with Gasteiger partial charge in [-0.05, 0) is 24.3 Å². The normalized spacial score (nSPS) is 19.4. The van der Waals surface area contributed by atoms with Gasteiger partial charge in [0, 0.05) is 43.3 Å². The second-order valence-corrected chi connectivity index (χ2v) is 8.93. The van der Waals surface area contributed by atoms with E-state index in [-0.39, 0.29) is 23.2 Å². The van der Waals surface area contributed by atoms with Crippen LogP contribution in [0.2, 0.25) is 0 Å². The lowest BCUT2D eigenvalue weighted by molar-refractivity contribution is 0.0302. The van der Waals surface area contributed by atoms with Crippen LogP contribution in [0.3, 0.4) is 0 Å². The van der Waals surface area contributed by atoms with Gasteiger partial charge in [0.05, 0.1) is 59.4 Å². The molecular weight excluding hydrogens is 461 g/mol. The maximum atomic E-state index is 14.6. The van der Waals surface area contributed by atoms with Crippen LogP contribution < -0.4 is 0 Å². The van der Waals surface area contributed by atoms with E-state index in [1.54, 1.807) is 17.3 Å². The van der Waals surface area contributed by atoms with Gasteiger partial charge in [-0.2, -0.15) is 15.6 Å². The highest BCUT2D eigenvalue weighted by Crippen LogP contribution is 2.41. The summed E-state index contributed by atoms with van der Waals surface area (Å²) in [4.78, 5) is 29.1. The summed E-state index contributed by atoms with van der Waals surface area (Å²) in [6.07, 6.45) is 5.37. The minimum Gasteiger partial charge on any atom is -0.346 e. The number of amides is 1. The standard InChI is InChI=1S/C25H20FN9O/c26-20-9-15(10-28)1-2-17(20)25(36)34-8-7-33-12-16(3-5-27)35-23(21(33)13-34)19(11-32-35)22-18-4-6-29-24(18)31-14-30-22/h1-2,4,6,9,11,14,16,21H,3,7-8,12-13H2,(H,29,30,31)/t16?,21-/m0/s1. The van der Waals surface area contributed by atoms with Crippen molar-refractivity contribution >= 4 is 16.9 Å². The van der Waals surface area contributed by atoms with Gasteiger partial charge >= 0.3 is 0 Å². The van der Waals surface area contributed by atoms with Gasteiger partial charge in [0.15, 0.2) is 0 Å². The largest absolute Gasteiger partial charge is 0.346 e. The van der Waals surface area contributed by atoms with Gasteiger partial charge in [0.1, 0.15) is 17.8 Å². The molecule has 0 aliphatic carbocycles. The molecule has 0 radical (unpaired) electrons. The zero-order valence-electron chi connectivity index (χ0n) is 19.1. The Kier molecular flexibility index (Phi) is 5.20. The van der Waals surface area contributed by atoms with Crippen LogP contribution in [0.4, 0.5) is 4.39 Å². The Hall–Kier alpha value is -4.61. The number of rotatable bonds is 3. The van der Waals surface area contributed by atoms with E-state index >= 15 is 0 Å². The molecule has 2 aliphatic rings. The van der Waals surface area contributed by atoms with Crippen molar-refractivity contribution in [2.45, 2.75) is 18.5 Å². The van der Waals surface area contributed by atoms with Crippen molar-refractivity contribution in [2.24, 2.45) is 0 Å². The summed E-state index contributed by atoms with van der Waals surface area (Å²) in [6, 6.07) is 9.63. The Bertz CT molecular complexity index is 1580. The smallest absolute Gasteiger partial charge is 0.256 e. The third-order valence-corrected chi connectivity index (χ3v) is 6.98. The number of benzene rings is 1. The predicted molar refractivity (Wildman–Crippen MR) is 126 cm³/mol. The minimum absolute atomic E-state index is 0.0563. The summed E-state index contributed by atoms with van der Waals surface area (Å²) in [5.41, 5.74) is 3.23. The number of nitrogens with zero attached hydrogens (tertiary/aromatic N) is 8. The monoisotopic (exact) mass is 481 g/mol. The fraction of sp³-hybridized carbons (Fsp3) is 0.280. The number of nitriles is 2. The van der Waals surface area contributed by atoms with Gasteiger partial charge in [-0.1, -0.05) is 0 Å². The number of hydrogen-bond acceptors (Lipinski definition) is 7. The van der Waals surface area contributed by atoms with Crippen LogP contribution in [-0.4, -0.2) is 66.6 Å². The number of carbonyl (C=O) groups is 1. The number of hydrogen-bond donors (Lipinski definition) is 1. The number of aromatic amines is 1. The van der Waals surface area contributed by atoms with Crippen molar-refractivity contribution in [1.29, 1.82) is 10.5 Å². The molecule has 10 nitrogen and oxygen atoms in total. The first kappa shape index (κ1) is 21.9. The molecule has 1 N–H and O–H groups in total. The fourth-order valence-electron chi connectivity index (χ4n) is 5.28. The van der Waals surface area contributed by atoms with Gasteiger partial charge in [0.2, 0.25) is 0 Å². The Morgan fingerprint density at radius 1 is 1.19 bits per heavy atom. The molecule has 1 unspecified atom stereocenters. The fourth-order valence-corrected chi connectivity index (χ4v) is 5.28. The Morgan fingerprint density at radius 2 is 2.08 bits per heavy atom. The second-order valence-electron chi connectivity index (χ2n) is 8.93. The van der Waals surface area contributed by atoms with Crippen LogP contribution in [0.25, 0.3) is 22.3 Å². The van der Waals surface area contributed by atoms with Crippen molar-refractivity contribution < 1.29 is 9.18 Å². The van der Waals surface area contributed by atoms with E-state index in [0.717, 1.165) is 28.4 Å². The van der Waals surface area contributed by atoms with Gasteiger partial charge in [-0.3, -0.25) is 14.4 Å². The molecule has 36 heavy (non-hydrogen) atoms. The molecule has 4 aromatic rings. The average molecular weight is 481 g/mol. The summed E-state index contributed by atoms with van der Waals surface area (Å²) in [6.45, 7) is 1.96. The summed E-state index contributed by atoms with van der Waals surface area (Å²) >= 11 is 0. The molecule has 11 heteroatoms. The summed E-state index contributed by atoms with van der Waals surface area (Å²) in [7, 11) is 0. The minimum atomic E-state index is -0.708. The van der Waals surface area contributed by atoms with Crippen LogP contribution in [0.5, 0.6) is 0 Å². The maximum Gasteiger partial charge on any atom is 0.256 e. The molecule has 2 aliphatic heterocycles. The van der Waals surface area contributed by atoms with Crippen molar-refractivity contribution in [3.8, 4) is 23.4 Å². The molecule has 3 aromatic heterocycles. The van der Waals surface area contributed by atoms with Crippen LogP contribution in [0.15, 0.2) is 43.0 Å². The number of nitrogens with one attached hydrogen (secondary N) is 1. The van der Waals surface area contributed by atoms with E-state index < -0.39 is 11.7 Å². The van der Waals surface area contributed by atoms with E-state index in [1.807, 2.05) is 16.8 Å². The highest BCUT2D eigenvalue weighted by molar-refractivity contribution is 5.95. The van der Waals surface area contributed by atoms with Gasteiger partial charge < -0.3 is 9.88 Å². The summed E-state index contributed by atoms with van der Waals surface area (Å²) in [5.74, 6) is -1.13. The van der Waals surface area contributed by atoms with Crippen LogP contribution in [0, 0.1) is 28.5 Å². The van der Waals surface area contributed by atoms with Crippen molar-refractivity contribution in [3.63, 3.8) is 0 Å². The van der Waals surface area contributed by atoms with Crippen molar-refractivity contribution in [2.75, 3.05) is 26.2 Å². The van der Waals surface area contributed by atoms with Crippen molar-refractivity contribution in [3.05, 3.63) is 65.6 Å². The molecular formula is C25H20FN9O. The number of piperazine rings is 1. The molecule has 6 rings (SSSR count). The third-order valence-electron chi connectivity index (χ3n) is 6.98. The predicted octanol–water partition coefficient (Wildman–Crippen LogP) is 2.80. The first-order chi connectivity index (χ1) is 17.6. The van der Waals surface area contributed by atoms with E-state index in [2.05, 4.69) is 31.0 Å². The topological polar surface area (TPSA) is 131 Å². The second kappa shape index (κ2) is 8.56. The first-order valence-corrected chi connectivity index (χ1v) is 11.5. The molecule has 178 valence electrons. The Labute approximate surface area is 205 Å². The molecule has 1 fully saturated rings. The molecule has 0 saturated carbocycles. The number of carbonyl (C=O) groups excluding carboxylic acids is 1. The zero-order chi connectivity index (χ0) is 24.8. The molecule has 2 atom stereocenters. The number of aromatic nitrogens is 5. The Balaban J connectivity index is 1.41. The lowest BCUT2D eigenvalue weighted by atomic mass is 9.96. The lowest BCUT2D eigenvalue weighted by Crippen LogP contribution is -2.54. The van der Waals surface area contributed by atoms with Gasteiger partial charge in [-0.15, -0.1) is 0 Å². The summed E-state index contributed by atoms with van der Waals surface area (Å²) in [5, 5.41) is 24.0. The number of halogens is 1. The molecule has 1 aromatic carbocycles. The zero-order valence-corrected chi connectivity index (χ0v) is 19.1. The van der Waals surface area contributed by atoms with Crippen LogP contribution in [0.1, 0.15) is 40.1 Å². The lowest BCUT2D eigenvalue weighted by Gasteiger charge is -2.46. The number of H-pyrrole nitrogens is 1. The third kappa shape index (κ3) is 3.41. The van der Waals surface area contributed by atoms with Gasteiger partial charge in [-0.25, -0.2) is 14.4 Å². The molecule has 1 amide bonds. The van der Waals surface area contributed by atoms with E-state index in [0.29, 0.717) is 38.2 Å². The first-order valence-electron chi connectivity index (χ1n) is 11.5. The van der Waals surface area contributed by atoms with E-state index in [1.165, 1.54) is 18.5 Å². The van der Waals surface area contributed by atoms with E-state index in [4.69, 9.17) is 5.26 Å². The average Bonchev–Trinajstić information content (AvgIpc) is 3.56.